The van der Waals surface area contributed by atoms with Crippen LogP contribution in [0.3, 0.4) is 0 Å². The van der Waals surface area contributed by atoms with E-state index in [0.29, 0.717) is 37.3 Å². The Balaban J connectivity index is 1.75. The second-order valence-corrected chi connectivity index (χ2v) is 6.96. The molecule has 0 bridgehead atoms. The van der Waals surface area contributed by atoms with E-state index >= 15 is 0 Å². The smallest absolute Gasteiger partial charge is 0.410 e. The molecule has 1 aromatic carbocycles. The van der Waals surface area contributed by atoms with Gasteiger partial charge in [-0.25, -0.2) is 9.59 Å². The van der Waals surface area contributed by atoms with Crippen LogP contribution >= 0.6 is 0 Å². The molecule has 0 radical (unpaired) electrons. The summed E-state index contributed by atoms with van der Waals surface area (Å²) in [5, 5.41) is 5.70. The number of piperidine rings is 1. The van der Waals surface area contributed by atoms with Crippen molar-refractivity contribution < 1.29 is 14.3 Å². The van der Waals surface area contributed by atoms with Crippen molar-refractivity contribution in [3.8, 4) is 0 Å². The summed E-state index contributed by atoms with van der Waals surface area (Å²) in [7, 11) is 0. The van der Waals surface area contributed by atoms with E-state index in [1.807, 2.05) is 20.8 Å². The molecule has 0 aromatic heterocycles. The molecule has 2 rings (SSSR count). The van der Waals surface area contributed by atoms with Gasteiger partial charge in [-0.05, 0) is 57.9 Å². The lowest BCUT2D eigenvalue weighted by molar-refractivity contribution is 0.0202. The van der Waals surface area contributed by atoms with E-state index in [1.165, 1.54) is 0 Å². The maximum Gasteiger partial charge on any atom is 0.410 e. The van der Waals surface area contributed by atoms with Crippen LogP contribution in [-0.2, 0) is 4.74 Å². The lowest BCUT2D eigenvalue weighted by Gasteiger charge is -2.33. The first-order valence-electron chi connectivity index (χ1n) is 8.14. The summed E-state index contributed by atoms with van der Waals surface area (Å²) in [6.45, 7) is 6.69. The molecule has 1 fully saturated rings. The fourth-order valence-electron chi connectivity index (χ4n) is 2.45. The van der Waals surface area contributed by atoms with E-state index in [2.05, 4.69) is 10.6 Å². The summed E-state index contributed by atoms with van der Waals surface area (Å²) in [6, 6.07) is 6.75. The Morgan fingerprint density at radius 3 is 2.29 bits per heavy atom. The van der Waals surface area contributed by atoms with Crippen LogP contribution in [0.5, 0.6) is 0 Å². The largest absolute Gasteiger partial charge is 0.444 e. The summed E-state index contributed by atoms with van der Waals surface area (Å²) in [5.74, 6) is 0. The van der Waals surface area contributed by atoms with E-state index < -0.39 is 5.60 Å². The summed E-state index contributed by atoms with van der Waals surface area (Å²) in [4.78, 5) is 25.7. The van der Waals surface area contributed by atoms with Gasteiger partial charge >= 0.3 is 12.1 Å². The molecule has 1 aliphatic heterocycles. The Labute approximate surface area is 142 Å². The van der Waals surface area contributed by atoms with Gasteiger partial charge in [0.15, 0.2) is 0 Å². The van der Waals surface area contributed by atoms with Gasteiger partial charge in [-0.1, -0.05) is 0 Å². The van der Waals surface area contributed by atoms with Crippen molar-refractivity contribution in [2.24, 2.45) is 0 Å². The molecule has 0 saturated carbocycles. The van der Waals surface area contributed by atoms with E-state index in [-0.39, 0.29) is 18.2 Å². The first-order chi connectivity index (χ1) is 11.2. The van der Waals surface area contributed by atoms with E-state index in [0.717, 1.165) is 0 Å². The molecule has 0 atom stereocenters. The molecule has 1 aromatic rings. The molecule has 1 saturated heterocycles. The molecule has 1 aliphatic rings. The molecule has 1 heterocycles. The highest BCUT2D eigenvalue weighted by atomic mass is 16.6. The van der Waals surface area contributed by atoms with Gasteiger partial charge in [0.2, 0.25) is 0 Å². The standard InChI is InChI=1S/C17H26N4O3/c1-17(2,3)24-16(23)21-10-8-14(9-11-21)20-15(22)19-13-6-4-12(18)5-7-13/h4-7,14H,8-11,18H2,1-3H3,(H2,19,20,22). The number of carbonyl (C=O) groups is 2. The minimum Gasteiger partial charge on any atom is -0.444 e. The van der Waals surface area contributed by atoms with Crippen LogP contribution in [0.2, 0.25) is 0 Å². The monoisotopic (exact) mass is 334 g/mol. The highest BCUT2D eigenvalue weighted by molar-refractivity contribution is 5.89. The number of ether oxygens (including phenoxy) is 1. The van der Waals surface area contributed by atoms with Crippen LogP contribution < -0.4 is 16.4 Å². The molecular weight excluding hydrogens is 308 g/mol. The van der Waals surface area contributed by atoms with Crippen molar-refractivity contribution in [2.45, 2.75) is 45.3 Å². The average Bonchev–Trinajstić information content (AvgIpc) is 2.48. The van der Waals surface area contributed by atoms with E-state index in [4.69, 9.17) is 10.5 Å². The topological polar surface area (TPSA) is 96.7 Å². The number of nitrogens with zero attached hydrogens (tertiary/aromatic N) is 1. The fraction of sp³-hybridized carbons (Fsp3) is 0.529. The van der Waals surface area contributed by atoms with Crippen LogP contribution in [0.1, 0.15) is 33.6 Å². The second-order valence-electron chi connectivity index (χ2n) is 6.96. The van der Waals surface area contributed by atoms with Crippen LogP contribution in [0.4, 0.5) is 21.0 Å². The minimum atomic E-state index is -0.495. The number of nitrogens with one attached hydrogen (secondary N) is 2. The lowest BCUT2D eigenvalue weighted by atomic mass is 10.1. The molecule has 3 amide bonds. The number of hydrogen-bond donors (Lipinski definition) is 3. The van der Waals surface area contributed by atoms with Crippen molar-refractivity contribution in [1.29, 1.82) is 0 Å². The highest BCUT2D eigenvalue weighted by Gasteiger charge is 2.27. The third kappa shape index (κ3) is 5.64. The number of benzene rings is 1. The molecule has 0 aliphatic carbocycles. The third-order valence-electron chi connectivity index (χ3n) is 3.65. The van der Waals surface area contributed by atoms with Crippen molar-refractivity contribution in [1.82, 2.24) is 10.2 Å². The second kappa shape index (κ2) is 7.42. The molecule has 24 heavy (non-hydrogen) atoms. The van der Waals surface area contributed by atoms with Crippen LogP contribution in [0, 0.1) is 0 Å². The van der Waals surface area contributed by atoms with Gasteiger partial charge in [-0.3, -0.25) is 0 Å². The van der Waals surface area contributed by atoms with Crippen molar-refractivity contribution in [3.63, 3.8) is 0 Å². The van der Waals surface area contributed by atoms with E-state index in [1.54, 1.807) is 29.2 Å². The number of carbonyl (C=O) groups excluding carboxylic acids is 2. The quantitative estimate of drug-likeness (QED) is 0.725. The molecule has 132 valence electrons. The van der Waals surface area contributed by atoms with Crippen LogP contribution in [0.25, 0.3) is 0 Å². The lowest BCUT2D eigenvalue weighted by Crippen LogP contribution is -2.48. The van der Waals surface area contributed by atoms with Crippen molar-refractivity contribution >= 4 is 23.5 Å². The van der Waals surface area contributed by atoms with E-state index in [9.17, 15) is 9.59 Å². The molecular formula is C17H26N4O3. The molecule has 0 spiro atoms. The summed E-state index contributed by atoms with van der Waals surface area (Å²) >= 11 is 0. The SMILES string of the molecule is CC(C)(C)OC(=O)N1CCC(NC(=O)Nc2ccc(N)cc2)CC1. The molecule has 0 unspecified atom stereocenters. The molecule has 7 heteroatoms. The number of nitrogen functional groups attached to an aromatic ring is 1. The van der Waals surface area contributed by atoms with Crippen LogP contribution in [-0.4, -0.2) is 41.8 Å². The fourth-order valence-corrected chi connectivity index (χ4v) is 2.45. The van der Waals surface area contributed by atoms with Gasteiger partial charge in [0, 0.05) is 30.5 Å². The van der Waals surface area contributed by atoms with Gasteiger partial charge < -0.3 is 26.0 Å². The first-order valence-corrected chi connectivity index (χ1v) is 8.14. The zero-order chi connectivity index (χ0) is 17.7. The number of nitrogens with two attached hydrogens (primary N) is 1. The third-order valence-corrected chi connectivity index (χ3v) is 3.65. The van der Waals surface area contributed by atoms with Crippen LogP contribution in [0.15, 0.2) is 24.3 Å². The highest BCUT2D eigenvalue weighted by Crippen LogP contribution is 2.16. The molecule has 7 nitrogen and oxygen atoms in total. The van der Waals surface area contributed by atoms with Gasteiger partial charge in [0.1, 0.15) is 5.60 Å². The Kier molecular flexibility index (Phi) is 5.54. The number of likely N-dealkylation sites (tertiary alicyclic amines) is 1. The van der Waals surface area contributed by atoms with Gasteiger partial charge in [0.25, 0.3) is 0 Å². The summed E-state index contributed by atoms with van der Waals surface area (Å²) in [5.41, 5.74) is 6.45. The number of rotatable bonds is 2. The van der Waals surface area contributed by atoms with Crippen molar-refractivity contribution in [2.75, 3.05) is 24.1 Å². The predicted octanol–water partition coefficient (Wildman–Crippen LogP) is 2.79. The Hall–Kier alpha value is -2.44. The number of amides is 3. The molecule has 4 N–H and O–H groups in total. The first kappa shape index (κ1) is 17.9. The summed E-state index contributed by atoms with van der Waals surface area (Å²) in [6.07, 6.45) is 1.11. The Morgan fingerprint density at radius 2 is 1.75 bits per heavy atom. The zero-order valence-electron chi connectivity index (χ0n) is 14.5. The Bertz CT molecular complexity index is 572. The van der Waals surface area contributed by atoms with Gasteiger partial charge in [0.05, 0.1) is 0 Å². The van der Waals surface area contributed by atoms with Crippen molar-refractivity contribution in [3.05, 3.63) is 24.3 Å². The zero-order valence-corrected chi connectivity index (χ0v) is 14.5. The number of anilines is 2. The number of urea groups is 1. The van der Waals surface area contributed by atoms with Gasteiger partial charge in [-0.15, -0.1) is 0 Å². The average molecular weight is 334 g/mol. The van der Waals surface area contributed by atoms with Gasteiger partial charge in [-0.2, -0.15) is 0 Å². The maximum atomic E-state index is 12.0. The number of hydrogen-bond acceptors (Lipinski definition) is 4. The Morgan fingerprint density at radius 1 is 1.17 bits per heavy atom. The maximum absolute atomic E-state index is 12.0. The minimum absolute atomic E-state index is 0.0393. The summed E-state index contributed by atoms with van der Waals surface area (Å²) < 4.78 is 5.36. The predicted molar refractivity (Wildman–Crippen MR) is 93.8 cm³/mol. The normalized spacial score (nSPS) is 15.7.